The first kappa shape index (κ1) is 16.5. The zero-order valence-corrected chi connectivity index (χ0v) is 15.2. The van der Waals surface area contributed by atoms with E-state index in [9.17, 15) is 4.79 Å². The zero-order chi connectivity index (χ0) is 17.7. The molecule has 4 atom stereocenters. The summed E-state index contributed by atoms with van der Waals surface area (Å²) in [6.45, 7) is 6.76. The van der Waals surface area contributed by atoms with Gasteiger partial charge in [-0.1, -0.05) is 50.6 Å². The first-order valence-corrected chi connectivity index (χ1v) is 9.35. The average molecular weight is 338 g/mol. The Morgan fingerprint density at radius 2 is 1.92 bits per heavy atom. The third-order valence-corrected chi connectivity index (χ3v) is 6.92. The van der Waals surface area contributed by atoms with E-state index in [0.717, 1.165) is 6.42 Å². The van der Waals surface area contributed by atoms with E-state index in [-0.39, 0.29) is 16.9 Å². The number of nitrogens with zero attached hydrogens (tertiary/aromatic N) is 2. The van der Waals surface area contributed by atoms with Crippen LogP contribution in [0.15, 0.2) is 52.7 Å². The van der Waals surface area contributed by atoms with Crippen molar-refractivity contribution in [2.24, 2.45) is 27.5 Å². The van der Waals surface area contributed by atoms with E-state index in [1.165, 1.54) is 18.4 Å². The molecular formula is C21H26N2O2. The predicted molar refractivity (Wildman–Crippen MR) is 96.1 cm³/mol. The Kier molecular flexibility index (Phi) is 3.64. The molecule has 0 aromatic heterocycles. The smallest absolute Gasteiger partial charge is 0.330 e. The van der Waals surface area contributed by atoms with Crippen molar-refractivity contribution in [2.45, 2.75) is 51.1 Å². The molecule has 0 amide bonds. The molecule has 0 radical (unpaired) electrons. The summed E-state index contributed by atoms with van der Waals surface area (Å²) in [5.74, 6) is 0.627. The summed E-state index contributed by atoms with van der Waals surface area (Å²) in [5.41, 5.74) is 0.357. The molecule has 1 aliphatic heterocycles. The Labute approximate surface area is 149 Å². The highest BCUT2D eigenvalue weighted by atomic mass is 16.5. The van der Waals surface area contributed by atoms with Gasteiger partial charge in [-0.05, 0) is 43.2 Å². The molecule has 1 aromatic rings. The first-order valence-electron chi connectivity index (χ1n) is 9.35. The van der Waals surface area contributed by atoms with Crippen molar-refractivity contribution in [2.75, 3.05) is 6.61 Å². The number of benzene rings is 1. The Morgan fingerprint density at radius 3 is 2.64 bits per heavy atom. The molecule has 4 heteroatoms. The van der Waals surface area contributed by atoms with Crippen molar-refractivity contribution in [1.82, 2.24) is 0 Å². The number of hydrogen-bond acceptors (Lipinski definition) is 4. The van der Waals surface area contributed by atoms with Crippen LogP contribution in [0.3, 0.4) is 0 Å². The van der Waals surface area contributed by atoms with Gasteiger partial charge in [0.2, 0.25) is 0 Å². The Balaban J connectivity index is 1.83. The molecule has 2 fully saturated rings. The van der Waals surface area contributed by atoms with Crippen molar-refractivity contribution >= 4 is 5.97 Å². The van der Waals surface area contributed by atoms with Gasteiger partial charge in [-0.15, -0.1) is 0 Å². The average Bonchev–Trinajstić information content (AvgIpc) is 3.22. The van der Waals surface area contributed by atoms with Gasteiger partial charge >= 0.3 is 5.97 Å². The highest BCUT2D eigenvalue weighted by molar-refractivity contribution is 5.82. The molecule has 2 aliphatic carbocycles. The molecule has 3 aliphatic rings. The van der Waals surface area contributed by atoms with Gasteiger partial charge in [-0.3, -0.25) is 0 Å². The fourth-order valence-corrected chi connectivity index (χ4v) is 5.85. The minimum atomic E-state index is -0.420. The lowest BCUT2D eigenvalue weighted by Crippen LogP contribution is -2.45. The maximum Gasteiger partial charge on any atom is 0.330 e. The van der Waals surface area contributed by atoms with Crippen LogP contribution in [0.4, 0.5) is 0 Å². The molecule has 1 heterocycles. The molecule has 0 spiro atoms. The van der Waals surface area contributed by atoms with Crippen LogP contribution >= 0.6 is 0 Å². The third-order valence-electron chi connectivity index (χ3n) is 6.92. The van der Waals surface area contributed by atoms with E-state index in [0.29, 0.717) is 18.4 Å². The van der Waals surface area contributed by atoms with Crippen molar-refractivity contribution in [1.29, 1.82) is 0 Å². The topological polar surface area (TPSA) is 51.0 Å². The summed E-state index contributed by atoms with van der Waals surface area (Å²) in [6.07, 6.45) is 7.10. The number of hydrogen-bond donors (Lipinski definition) is 0. The molecule has 4 nitrogen and oxygen atoms in total. The van der Waals surface area contributed by atoms with Gasteiger partial charge in [0, 0.05) is 11.5 Å². The van der Waals surface area contributed by atoms with Crippen LogP contribution in [0.25, 0.3) is 0 Å². The summed E-state index contributed by atoms with van der Waals surface area (Å²) in [6, 6.07) is 10.6. The van der Waals surface area contributed by atoms with Crippen LogP contribution in [0, 0.1) is 17.3 Å². The van der Waals surface area contributed by atoms with E-state index in [1.54, 1.807) is 6.08 Å². The normalized spacial score (nSPS) is 37.6. The lowest BCUT2D eigenvalue weighted by Gasteiger charge is -2.40. The number of esters is 1. The van der Waals surface area contributed by atoms with Crippen LogP contribution in [-0.2, 0) is 15.1 Å². The number of ether oxygens (including phenoxy) is 1. The number of azo groups is 1. The largest absolute Gasteiger partial charge is 0.463 e. The van der Waals surface area contributed by atoms with Crippen LogP contribution in [0.1, 0.15) is 45.6 Å². The number of fused-ring (bicyclic) bond motifs is 5. The first-order chi connectivity index (χ1) is 12.0. The fourth-order valence-electron chi connectivity index (χ4n) is 5.85. The highest BCUT2D eigenvalue weighted by Crippen LogP contribution is 2.74. The summed E-state index contributed by atoms with van der Waals surface area (Å²) in [5, 5.41) is 9.76. The molecule has 1 aromatic carbocycles. The standard InChI is InChI=1S/C21H26N2O2/c1-4-25-18(24)13-14-20-16-11-8-12-17(16)21(23-22-20,19(20,2)3)15-9-6-5-7-10-15/h5-7,9-10,13-14,16-17H,4,8,11-12H2,1-3H3/b14-13-/t16-,17+,20-,21+/m0/s1. The second-order valence-corrected chi connectivity index (χ2v) is 8.01. The quantitative estimate of drug-likeness (QED) is 0.592. The van der Waals surface area contributed by atoms with Crippen LogP contribution in [-0.4, -0.2) is 18.1 Å². The molecule has 4 rings (SSSR count). The molecule has 0 saturated heterocycles. The van der Waals surface area contributed by atoms with E-state index in [4.69, 9.17) is 15.0 Å². The van der Waals surface area contributed by atoms with Crippen LogP contribution in [0.2, 0.25) is 0 Å². The maximum absolute atomic E-state index is 11.9. The monoisotopic (exact) mass is 338 g/mol. The molecule has 2 bridgehead atoms. The Morgan fingerprint density at radius 1 is 1.20 bits per heavy atom. The van der Waals surface area contributed by atoms with E-state index < -0.39 is 5.54 Å². The van der Waals surface area contributed by atoms with E-state index in [1.807, 2.05) is 19.1 Å². The summed E-state index contributed by atoms with van der Waals surface area (Å²) < 4.78 is 5.10. The SMILES string of the molecule is CCOC(=O)/C=C\[C@]12N=N[C@](c3ccccc3)([C@@H]3CCC[C@@H]31)C2(C)C. The van der Waals surface area contributed by atoms with Gasteiger partial charge in [0.15, 0.2) is 0 Å². The Hall–Kier alpha value is -1.97. The van der Waals surface area contributed by atoms with Gasteiger partial charge in [0.1, 0.15) is 11.1 Å². The molecule has 132 valence electrons. The van der Waals surface area contributed by atoms with Gasteiger partial charge < -0.3 is 4.74 Å². The van der Waals surface area contributed by atoms with Gasteiger partial charge in [0.25, 0.3) is 0 Å². The minimum Gasteiger partial charge on any atom is -0.463 e. The maximum atomic E-state index is 11.9. The summed E-state index contributed by atoms with van der Waals surface area (Å²) >= 11 is 0. The van der Waals surface area contributed by atoms with E-state index in [2.05, 4.69) is 38.1 Å². The fraction of sp³-hybridized carbons (Fsp3) is 0.571. The molecule has 0 N–H and O–H groups in total. The zero-order valence-electron chi connectivity index (χ0n) is 15.2. The summed E-state index contributed by atoms with van der Waals surface area (Å²) in [4.78, 5) is 11.9. The van der Waals surface area contributed by atoms with Crippen LogP contribution in [0.5, 0.6) is 0 Å². The van der Waals surface area contributed by atoms with Crippen molar-refractivity contribution in [3.8, 4) is 0 Å². The van der Waals surface area contributed by atoms with E-state index >= 15 is 0 Å². The lowest BCUT2D eigenvalue weighted by molar-refractivity contribution is -0.137. The van der Waals surface area contributed by atoms with Crippen LogP contribution < -0.4 is 0 Å². The number of carbonyl (C=O) groups is 1. The lowest BCUT2D eigenvalue weighted by atomic mass is 9.63. The second kappa shape index (κ2) is 5.52. The van der Waals surface area contributed by atoms with Gasteiger partial charge in [-0.25, -0.2) is 4.79 Å². The second-order valence-electron chi connectivity index (χ2n) is 8.01. The highest BCUT2D eigenvalue weighted by Gasteiger charge is 2.76. The number of carbonyl (C=O) groups excluding carboxylic acids is 1. The molecule has 0 unspecified atom stereocenters. The van der Waals surface area contributed by atoms with Crippen molar-refractivity contribution < 1.29 is 9.53 Å². The van der Waals surface area contributed by atoms with Gasteiger partial charge in [-0.2, -0.15) is 10.2 Å². The third kappa shape index (κ3) is 1.91. The van der Waals surface area contributed by atoms with Crippen molar-refractivity contribution in [3.05, 3.63) is 48.0 Å². The molecule has 2 saturated carbocycles. The predicted octanol–water partition coefficient (Wildman–Crippen LogP) is 4.66. The number of rotatable bonds is 4. The summed E-state index contributed by atoms with van der Waals surface area (Å²) in [7, 11) is 0. The van der Waals surface area contributed by atoms with Gasteiger partial charge in [0.05, 0.1) is 6.61 Å². The minimum absolute atomic E-state index is 0.180. The molecule has 25 heavy (non-hydrogen) atoms. The Bertz CT molecular complexity index is 740. The molecular weight excluding hydrogens is 312 g/mol. The van der Waals surface area contributed by atoms with Crippen molar-refractivity contribution in [3.63, 3.8) is 0 Å².